The summed E-state index contributed by atoms with van der Waals surface area (Å²) in [4.78, 5) is 26.6. The Balaban J connectivity index is 1.64. The van der Waals surface area contributed by atoms with Gasteiger partial charge in [-0.1, -0.05) is 0 Å². The number of likely N-dealkylation sites (tertiary alicyclic amines) is 1. The van der Waals surface area contributed by atoms with Crippen LogP contribution in [-0.2, 0) is 29.4 Å². The minimum Gasteiger partial charge on any atom is -0.444 e. The van der Waals surface area contributed by atoms with Crippen LogP contribution < -0.4 is 5.32 Å². The lowest BCUT2D eigenvalue weighted by Gasteiger charge is -2.33. The number of nitrogens with zero attached hydrogens (tertiary/aromatic N) is 3. The molecule has 2 heterocycles. The smallest absolute Gasteiger partial charge is 0.410 e. The van der Waals surface area contributed by atoms with Crippen LogP contribution in [-0.4, -0.2) is 45.4 Å². The number of ether oxygens (including phenoxy) is 1. The van der Waals surface area contributed by atoms with Crippen molar-refractivity contribution in [2.45, 2.75) is 58.5 Å². The Labute approximate surface area is 148 Å². The van der Waals surface area contributed by atoms with Gasteiger partial charge in [0.15, 0.2) is 0 Å². The zero-order valence-corrected chi connectivity index (χ0v) is 15.6. The van der Waals surface area contributed by atoms with E-state index in [1.165, 1.54) is 0 Å². The van der Waals surface area contributed by atoms with Crippen molar-refractivity contribution in [1.82, 2.24) is 14.7 Å². The number of carbonyl (C=O) groups is 2. The number of rotatable bonds is 2. The molecule has 2 amide bonds. The van der Waals surface area contributed by atoms with Crippen LogP contribution in [0.3, 0.4) is 0 Å². The van der Waals surface area contributed by atoms with E-state index in [0.717, 1.165) is 49.2 Å². The van der Waals surface area contributed by atoms with Gasteiger partial charge in [0.05, 0.1) is 11.6 Å². The van der Waals surface area contributed by atoms with Gasteiger partial charge in [0.2, 0.25) is 5.91 Å². The minimum atomic E-state index is -0.526. The summed E-state index contributed by atoms with van der Waals surface area (Å²) in [5, 5.41) is 7.54. The van der Waals surface area contributed by atoms with E-state index in [-0.39, 0.29) is 17.9 Å². The largest absolute Gasteiger partial charge is 0.444 e. The highest BCUT2D eigenvalue weighted by Gasteiger charge is 2.32. The number of nitrogens with one attached hydrogen (secondary N) is 1. The van der Waals surface area contributed by atoms with Crippen LogP contribution in [0.2, 0.25) is 0 Å². The summed E-state index contributed by atoms with van der Waals surface area (Å²) in [6.07, 6.45) is 4.29. The van der Waals surface area contributed by atoms with Crippen molar-refractivity contribution in [2.75, 3.05) is 18.4 Å². The number of hydrogen-bond acceptors (Lipinski definition) is 4. The van der Waals surface area contributed by atoms with Gasteiger partial charge in [0, 0.05) is 25.7 Å². The molecule has 1 saturated heterocycles. The first-order valence-corrected chi connectivity index (χ1v) is 9.08. The molecule has 25 heavy (non-hydrogen) atoms. The van der Waals surface area contributed by atoms with Crippen molar-refractivity contribution in [3.63, 3.8) is 0 Å². The third-order valence-electron chi connectivity index (χ3n) is 4.75. The maximum absolute atomic E-state index is 12.7. The van der Waals surface area contributed by atoms with Crippen molar-refractivity contribution >= 4 is 17.8 Å². The fraction of sp³-hybridized carbons (Fsp3) is 0.722. The molecule has 7 nitrogen and oxygen atoms in total. The highest BCUT2D eigenvalue weighted by Crippen LogP contribution is 2.29. The quantitative estimate of drug-likeness (QED) is 0.891. The number of aromatic nitrogens is 2. The Hall–Kier alpha value is -2.05. The molecule has 0 spiro atoms. The number of piperidine rings is 1. The zero-order chi connectivity index (χ0) is 18.2. The minimum absolute atomic E-state index is 0.0361. The van der Waals surface area contributed by atoms with Gasteiger partial charge in [-0.15, -0.1) is 0 Å². The first-order valence-electron chi connectivity index (χ1n) is 9.08. The molecule has 1 unspecified atom stereocenters. The molecule has 138 valence electrons. The average molecular weight is 348 g/mol. The summed E-state index contributed by atoms with van der Waals surface area (Å²) in [7, 11) is 1.86. The zero-order valence-electron chi connectivity index (χ0n) is 15.6. The number of hydrogen-bond donors (Lipinski definition) is 1. The summed E-state index contributed by atoms with van der Waals surface area (Å²) in [5.74, 6) is 0.561. The van der Waals surface area contributed by atoms with Crippen molar-refractivity contribution in [3.05, 3.63) is 11.3 Å². The topological polar surface area (TPSA) is 76.5 Å². The fourth-order valence-electron chi connectivity index (χ4n) is 3.58. The molecule has 0 aromatic carbocycles. The number of amides is 2. The third-order valence-corrected chi connectivity index (χ3v) is 4.75. The number of carbonyl (C=O) groups excluding carboxylic acids is 2. The molecule has 1 atom stereocenters. The predicted octanol–water partition coefficient (Wildman–Crippen LogP) is 2.49. The van der Waals surface area contributed by atoms with E-state index in [1.54, 1.807) is 9.58 Å². The molecule has 1 aromatic heterocycles. The normalized spacial score (nSPS) is 20.3. The molecule has 1 fully saturated rings. The Morgan fingerprint density at radius 3 is 2.72 bits per heavy atom. The Morgan fingerprint density at radius 1 is 1.24 bits per heavy atom. The van der Waals surface area contributed by atoms with E-state index in [1.807, 2.05) is 27.8 Å². The number of anilines is 1. The van der Waals surface area contributed by atoms with Gasteiger partial charge in [0.25, 0.3) is 0 Å². The molecular formula is C18H28N4O3. The summed E-state index contributed by atoms with van der Waals surface area (Å²) in [5.41, 5.74) is 1.73. The number of aryl methyl sites for hydroxylation is 2. The van der Waals surface area contributed by atoms with Gasteiger partial charge in [-0.2, -0.15) is 5.10 Å². The lowest BCUT2D eigenvalue weighted by molar-refractivity contribution is -0.121. The first-order chi connectivity index (χ1) is 11.7. The van der Waals surface area contributed by atoms with E-state index >= 15 is 0 Å². The molecular weight excluding hydrogens is 320 g/mol. The summed E-state index contributed by atoms with van der Waals surface area (Å²) in [6.45, 7) is 6.59. The van der Waals surface area contributed by atoms with Gasteiger partial charge in [-0.25, -0.2) is 4.79 Å². The monoisotopic (exact) mass is 348 g/mol. The van der Waals surface area contributed by atoms with Crippen molar-refractivity contribution in [1.29, 1.82) is 0 Å². The Bertz CT molecular complexity index is 675. The second-order valence-electron chi connectivity index (χ2n) is 8.01. The van der Waals surface area contributed by atoms with Crippen molar-refractivity contribution < 1.29 is 14.3 Å². The summed E-state index contributed by atoms with van der Waals surface area (Å²) >= 11 is 0. The molecule has 0 radical (unpaired) electrons. The summed E-state index contributed by atoms with van der Waals surface area (Å²) < 4.78 is 7.19. The lowest BCUT2D eigenvalue weighted by Crippen LogP contribution is -2.45. The molecule has 1 N–H and O–H groups in total. The van der Waals surface area contributed by atoms with E-state index in [0.29, 0.717) is 13.1 Å². The van der Waals surface area contributed by atoms with Crippen LogP contribution in [0.15, 0.2) is 0 Å². The maximum Gasteiger partial charge on any atom is 0.410 e. The van der Waals surface area contributed by atoms with Crippen molar-refractivity contribution in [2.24, 2.45) is 13.0 Å². The molecule has 1 aliphatic carbocycles. The van der Waals surface area contributed by atoms with Gasteiger partial charge in [0.1, 0.15) is 11.4 Å². The molecule has 3 rings (SSSR count). The molecule has 0 bridgehead atoms. The van der Waals surface area contributed by atoms with E-state index in [9.17, 15) is 9.59 Å². The maximum atomic E-state index is 12.7. The van der Waals surface area contributed by atoms with Crippen LogP contribution in [0.5, 0.6) is 0 Å². The van der Waals surface area contributed by atoms with Crippen LogP contribution in [0.25, 0.3) is 0 Å². The van der Waals surface area contributed by atoms with E-state index in [2.05, 4.69) is 10.4 Å². The Kier molecular flexibility index (Phi) is 4.75. The third kappa shape index (κ3) is 3.96. The van der Waals surface area contributed by atoms with Gasteiger partial charge < -0.3 is 15.0 Å². The van der Waals surface area contributed by atoms with Crippen molar-refractivity contribution in [3.8, 4) is 0 Å². The van der Waals surface area contributed by atoms with E-state index < -0.39 is 5.60 Å². The average Bonchev–Trinajstić information content (AvgIpc) is 3.08. The van der Waals surface area contributed by atoms with E-state index in [4.69, 9.17) is 4.74 Å². The molecule has 1 aliphatic heterocycles. The fourth-order valence-corrected chi connectivity index (χ4v) is 3.58. The van der Waals surface area contributed by atoms with Crippen LogP contribution >= 0.6 is 0 Å². The standard InChI is InChI=1S/C18H28N4O3/c1-18(2,3)25-17(24)22-10-6-7-12(11-22)16(23)19-15-13-8-5-9-14(13)20-21(15)4/h12H,5-11H2,1-4H3,(H,19,23). The van der Waals surface area contributed by atoms with Gasteiger partial charge in [-0.3, -0.25) is 9.48 Å². The Morgan fingerprint density at radius 2 is 2.00 bits per heavy atom. The van der Waals surface area contributed by atoms with Gasteiger partial charge >= 0.3 is 6.09 Å². The van der Waals surface area contributed by atoms with Crippen LogP contribution in [0, 0.1) is 5.92 Å². The molecule has 7 heteroatoms. The summed E-state index contributed by atoms with van der Waals surface area (Å²) in [6, 6.07) is 0. The van der Waals surface area contributed by atoms with Crippen LogP contribution in [0.4, 0.5) is 10.6 Å². The highest BCUT2D eigenvalue weighted by molar-refractivity contribution is 5.93. The first kappa shape index (κ1) is 17.8. The lowest BCUT2D eigenvalue weighted by atomic mass is 9.97. The highest BCUT2D eigenvalue weighted by atomic mass is 16.6. The van der Waals surface area contributed by atoms with Crippen LogP contribution in [0.1, 0.15) is 51.3 Å². The molecule has 2 aliphatic rings. The molecule has 1 aromatic rings. The number of fused-ring (bicyclic) bond motifs is 1. The van der Waals surface area contributed by atoms with Gasteiger partial charge in [-0.05, 0) is 52.9 Å². The SMILES string of the molecule is Cn1nc2c(c1NC(=O)C1CCCN(C(=O)OC(C)(C)C)C1)CCC2. The predicted molar refractivity (Wildman–Crippen MR) is 94.4 cm³/mol. The second-order valence-corrected chi connectivity index (χ2v) is 8.01. The molecule has 0 saturated carbocycles. The second kappa shape index (κ2) is 6.69.